The molecular formula is C23H21ClN4O2S. The van der Waals surface area contributed by atoms with E-state index in [4.69, 9.17) is 16.3 Å². The highest BCUT2D eigenvalue weighted by Gasteiger charge is 2.13. The molecule has 0 atom stereocenters. The van der Waals surface area contributed by atoms with E-state index in [0.717, 1.165) is 22.1 Å². The number of hydrogen-bond acceptors (Lipinski definition) is 5. The van der Waals surface area contributed by atoms with Crippen LogP contribution in [0.3, 0.4) is 0 Å². The first kappa shape index (κ1) is 21.2. The molecule has 6 nitrogen and oxygen atoms in total. The Balaban J connectivity index is 1.37. The van der Waals surface area contributed by atoms with E-state index in [1.165, 1.54) is 11.8 Å². The molecule has 8 heteroatoms. The van der Waals surface area contributed by atoms with Gasteiger partial charge in [0.25, 0.3) is 0 Å². The van der Waals surface area contributed by atoms with Gasteiger partial charge in [-0.1, -0.05) is 65.8 Å². The molecule has 1 amide bonds. The minimum Gasteiger partial charge on any atom is -0.485 e. The number of nitrogens with one attached hydrogen (secondary N) is 1. The molecular weight excluding hydrogens is 432 g/mol. The number of aryl methyl sites for hydroxylation is 1. The van der Waals surface area contributed by atoms with Gasteiger partial charge in [0.15, 0.2) is 11.0 Å². The van der Waals surface area contributed by atoms with Gasteiger partial charge >= 0.3 is 0 Å². The molecule has 0 bridgehead atoms. The molecule has 0 aliphatic heterocycles. The normalized spacial score (nSPS) is 10.9. The SMILES string of the molecule is Cc1ccc(Cl)cc1NC(=O)CSc1nnc(COc2cccc3ccccc23)n1C. The summed E-state index contributed by atoms with van der Waals surface area (Å²) in [5.74, 6) is 1.56. The summed E-state index contributed by atoms with van der Waals surface area (Å²) in [6.45, 7) is 2.20. The fraction of sp³-hybridized carbons (Fsp3) is 0.174. The highest BCUT2D eigenvalue weighted by atomic mass is 35.5. The Bertz CT molecular complexity index is 1240. The van der Waals surface area contributed by atoms with Crippen LogP contribution in [0.1, 0.15) is 11.4 Å². The van der Waals surface area contributed by atoms with Gasteiger partial charge in [-0.3, -0.25) is 4.79 Å². The van der Waals surface area contributed by atoms with Gasteiger partial charge in [-0.25, -0.2) is 0 Å². The van der Waals surface area contributed by atoms with Crippen molar-refractivity contribution in [3.8, 4) is 5.75 Å². The van der Waals surface area contributed by atoms with Crippen molar-refractivity contribution >= 4 is 45.7 Å². The molecule has 0 aliphatic rings. The highest BCUT2D eigenvalue weighted by Crippen LogP contribution is 2.26. The Morgan fingerprint density at radius 1 is 1.13 bits per heavy atom. The van der Waals surface area contributed by atoms with Crippen molar-refractivity contribution in [2.24, 2.45) is 7.05 Å². The lowest BCUT2D eigenvalue weighted by Gasteiger charge is -2.10. The van der Waals surface area contributed by atoms with Gasteiger partial charge in [0.2, 0.25) is 5.91 Å². The number of nitrogens with zero attached hydrogens (tertiary/aromatic N) is 3. The quantitative estimate of drug-likeness (QED) is 0.388. The summed E-state index contributed by atoms with van der Waals surface area (Å²) in [6.07, 6.45) is 0. The Morgan fingerprint density at radius 2 is 1.94 bits per heavy atom. The Kier molecular flexibility index (Phi) is 6.44. The predicted octanol–water partition coefficient (Wildman–Crippen LogP) is 5.24. The number of thioether (sulfide) groups is 1. The van der Waals surface area contributed by atoms with E-state index in [1.807, 2.05) is 54.9 Å². The van der Waals surface area contributed by atoms with Gasteiger partial charge in [-0.2, -0.15) is 0 Å². The molecule has 0 radical (unpaired) electrons. The fourth-order valence-corrected chi connectivity index (χ4v) is 4.01. The van der Waals surface area contributed by atoms with Crippen molar-refractivity contribution < 1.29 is 9.53 Å². The molecule has 0 saturated carbocycles. The minimum atomic E-state index is -0.132. The van der Waals surface area contributed by atoms with Crippen molar-refractivity contribution in [2.45, 2.75) is 18.7 Å². The van der Waals surface area contributed by atoms with Gasteiger partial charge in [0, 0.05) is 23.1 Å². The third-order valence-corrected chi connectivity index (χ3v) is 6.09. The van der Waals surface area contributed by atoms with Crippen LogP contribution in [0.25, 0.3) is 10.8 Å². The number of anilines is 1. The average Bonchev–Trinajstić information content (AvgIpc) is 3.12. The number of benzene rings is 3. The maximum Gasteiger partial charge on any atom is 0.234 e. The zero-order valence-electron chi connectivity index (χ0n) is 17.1. The summed E-state index contributed by atoms with van der Waals surface area (Å²) >= 11 is 7.33. The number of hydrogen-bond donors (Lipinski definition) is 1. The number of amides is 1. The Hall–Kier alpha value is -3.03. The Labute approximate surface area is 189 Å². The van der Waals surface area contributed by atoms with Crippen molar-refractivity contribution in [1.82, 2.24) is 14.8 Å². The number of carbonyl (C=O) groups excluding carboxylic acids is 1. The molecule has 4 aromatic rings. The van der Waals surface area contributed by atoms with Gasteiger partial charge in [-0.05, 0) is 36.1 Å². The first-order valence-corrected chi connectivity index (χ1v) is 11.1. The second-order valence-electron chi connectivity index (χ2n) is 7.02. The molecule has 0 saturated heterocycles. The molecule has 0 fully saturated rings. The number of rotatable bonds is 7. The molecule has 3 aromatic carbocycles. The summed E-state index contributed by atoms with van der Waals surface area (Å²) in [5, 5.41) is 14.7. The maximum atomic E-state index is 12.3. The van der Waals surface area contributed by atoms with Gasteiger partial charge in [-0.15, -0.1) is 10.2 Å². The van der Waals surface area contributed by atoms with Crippen LogP contribution in [0.2, 0.25) is 5.02 Å². The molecule has 4 rings (SSSR count). The van der Waals surface area contributed by atoms with Crippen molar-refractivity contribution in [2.75, 3.05) is 11.1 Å². The smallest absolute Gasteiger partial charge is 0.234 e. The summed E-state index contributed by atoms with van der Waals surface area (Å²) in [7, 11) is 1.86. The molecule has 0 aliphatic carbocycles. The zero-order chi connectivity index (χ0) is 21.8. The summed E-state index contributed by atoms with van der Waals surface area (Å²) in [4.78, 5) is 12.3. The van der Waals surface area contributed by atoms with Crippen LogP contribution in [-0.4, -0.2) is 26.4 Å². The predicted molar refractivity (Wildman–Crippen MR) is 125 cm³/mol. The summed E-state index contributed by atoms with van der Waals surface area (Å²) in [6, 6.07) is 19.4. The third-order valence-electron chi connectivity index (χ3n) is 4.84. The molecule has 1 heterocycles. The van der Waals surface area contributed by atoms with Crippen LogP contribution in [0.5, 0.6) is 5.75 Å². The van der Waals surface area contributed by atoms with Crippen molar-refractivity contribution in [3.63, 3.8) is 0 Å². The molecule has 31 heavy (non-hydrogen) atoms. The van der Waals surface area contributed by atoms with E-state index in [1.54, 1.807) is 12.1 Å². The van der Waals surface area contributed by atoms with Crippen LogP contribution in [0.4, 0.5) is 5.69 Å². The van der Waals surface area contributed by atoms with E-state index >= 15 is 0 Å². The fourth-order valence-electron chi connectivity index (χ4n) is 3.11. The first-order chi connectivity index (χ1) is 15.0. The largest absolute Gasteiger partial charge is 0.485 e. The molecule has 1 N–H and O–H groups in total. The van der Waals surface area contributed by atoms with E-state index < -0.39 is 0 Å². The van der Waals surface area contributed by atoms with E-state index in [2.05, 4.69) is 27.6 Å². The van der Waals surface area contributed by atoms with Gasteiger partial charge in [0.05, 0.1) is 5.75 Å². The maximum absolute atomic E-state index is 12.3. The van der Waals surface area contributed by atoms with Crippen LogP contribution in [0.15, 0.2) is 65.8 Å². The van der Waals surface area contributed by atoms with Crippen LogP contribution < -0.4 is 10.1 Å². The standard InChI is InChI=1S/C23H21ClN4O2S/c1-15-10-11-17(24)12-19(15)25-22(29)14-31-23-27-26-21(28(23)2)13-30-20-9-5-7-16-6-3-4-8-18(16)20/h3-12H,13-14H2,1-2H3,(H,25,29). The topological polar surface area (TPSA) is 69.0 Å². The molecule has 0 spiro atoms. The highest BCUT2D eigenvalue weighted by molar-refractivity contribution is 7.99. The van der Waals surface area contributed by atoms with E-state index in [-0.39, 0.29) is 18.3 Å². The van der Waals surface area contributed by atoms with Gasteiger partial charge < -0.3 is 14.6 Å². The minimum absolute atomic E-state index is 0.132. The van der Waals surface area contributed by atoms with Gasteiger partial charge in [0.1, 0.15) is 12.4 Å². The number of halogens is 1. The van der Waals surface area contributed by atoms with Crippen LogP contribution in [0, 0.1) is 6.92 Å². The van der Waals surface area contributed by atoms with E-state index in [9.17, 15) is 4.79 Å². The number of ether oxygens (including phenoxy) is 1. The van der Waals surface area contributed by atoms with Crippen molar-refractivity contribution in [3.05, 3.63) is 77.1 Å². The lowest BCUT2D eigenvalue weighted by atomic mass is 10.1. The monoisotopic (exact) mass is 452 g/mol. The lowest BCUT2D eigenvalue weighted by Crippen LogP contribution is -2.15. The summed E-state index contributed by atoms with van der Waals surface area (Å²) in [5.41, 5.74) is 1.66. The molecule has 1 aromatic heterocycles. The van der Waals surface area contributed by atoms with Crippen LogP contribution in [-0.2, 0) is 18.4 Å². The second-order valence-corrected chi connectivity index (χ2v) is 8.40. The number of fused-ring (bicyclic) bond motifs is 1. The summed E-state index contributed by atoms with van der Waals surface area (Å²) < 4.78 is 7.85. The third kappa shape index (κ3) is 5.00. The lowest BCUT2D eigenvalue weighted by molar-refractivity contribution is -0.113. The van der Waals surface area contributed by atoms with E-state index in [0.29, 0.717) is 21.7 Å². The zero-order valence-corrected chi connectivity index (χ0v) is 18.7. The molecule has 0 unspecified atom stereocenters. The molecule has 158 valence electrons. The number of aromatic nitrogens is 3. The van der Waals surface area contributed by atoms with Crippen LogP contribution >= 0.6 is 23.4 Å². The second kappa shape index (κ2) is 9.41. The Morgan fingerprint density at radius 3 is 2.81 bits per heavy atom. The number of carbonyl (C=O) groups is 1. The van der Waals surface area contributed by atoms with Crippen molar-refractivity contribution in [1.29, 1.82) is 0 Å². The average molecular weight is 453 g/mol. The first-order valence-electron chi connectivity index (χ1n) is 9.69.